The Kier molecular flexibility index (Phi) is 12.6. The maximum absolute atomic E-state index is 13.3. The number of nitrogens with one attached hydrogen (secondary N) is 2. The highest BCUT2D eigenvalue weighted by Crippen LogP contribution is 2.46. The van der Waals surface area contributed by atoms with Crippen LogP contribution in [0.15, 0.2) is 121 Å². The molecule has 7 heteroatoms. The molecule has 1 atom stereocenters. The van der Waals surface area contributed by atoms with E-state index in [4.69, 9.17) is 15.2 Å². The lowest BCUT2D eigenvalue weighted by Gasteiger charge is -2.43. The maximum atomic E-state index is 13.3. The number of aryl methyl sites for hydroxylation is 1. The first-order valence-electron chi connectivity index (χ1n) is 18.8. The molecule has 0 aliphatic carbocycles. The predicted molar refractivity (Wildman–Crippen MR) is 211 cm³/mol. The highest BCUT2D eigenvalue weighted by molar-refractivity contribution is 5.76. The maximum Gasteiger partial charge on any atom is 0.220 e. The summed E-state index contributed by atoms with van der Waals surface area (Å²) < 4.78 is 24.9. The van der Waals surface area contributed by atoms with Crippen LogP contribution in [0, 0.1) is 5.82 Å². The summed E-state index contributed by atoms with van der Waals surface area (Å²) in [5.74, 6) is 1.21. The van der Waals surface area contributed by atoms with Gasteiger partial charge in [-0.15, -0.1) is 0 Å². The van der Waals surface area contributed by atoms with Crippen molar-refractivity contribution < 1.29 is 18.7 Å². The van der Waals surface area contributed by atoms with Gasteiger partial charge in [-0.1, -0.05) is 97.1 Å². The molecule has 1 aliphatic heterocycles. The molecular weight excluding hydrogens is 662 g/mol. The molecule has 0 aromatic heterocycles. The molecular formula is C46H52FN3O3. The SMILES string of the molecule is COc1cc2c(cc1OC)C(CCCC(CCCNC(=O)CCc1ccc(F)cc1)(c1ccccc1)c1ccccc1)(c1ccc(CN)cc1)NCC2. The van der Waals surface area contributed by atoms with Crippen molar-refractivity contribution in [1.82, 2.24) is 10.6 Å². The molecule has 0 fully saturated rings. The smallest absolute Gasteiger partial charge is 0.220 e. The van der Waals surface area contributed by atoms with Crippen LogP contribution in [0.25, 0.3) is 0 Å². The van der Waals surface area contributed by atoms with Gasteiger partial charge in [-0.05, 0) is 108 Å². The van der Waals surface area contributed by atoms with Gasteiger partial charge in [0.1, 0.15) is 5.82 Å². The Morgan fingerprint density at radius 2 is 1.42 bits per heavy atom. The van der Waals surface area contributed by atoms with Crippen molar-refractivity contribution >= 4 is 5.91 Å². The fourth-order valence-corrected chi connectivity index (χ4v) is 8.24. The standard InChI is InChI=1S/C46H52FN3O3/c1-52-42-31-36-25-30-50-46(41(36)32-43(42)53-2,39-20-15-35(33-48)16-21-39)28-9-26-45(37-11-5-3-6-12-37,38-13-7-4-8-14-38)27-10-29-49-44(51)24-19-34-17-22-40(47)23-18-34/h3-8,11-18,20-23,31-32,50H,9-10,19,24-30,33,48H2,1-2H3,(H,49,51). The van der Waals surface area contributed by atoms with Gasteiger partial charge in [0, 0.05) is 31.5 Å². The lowest BCUT2D eigenvalue weighted by Crippen LogP contribution is -2.48. The molecule has 1 amide bonds. The molecule has 0 saturated carbocycles. The van der Waals surface area contributed by atoms with Crippen LogP contribution in [0.5, 0.6) is 11.5 Å². The van der Waals surface area contributed by atoms with Crippen LogP contribution in [0.2, 0.25) is 0 Å². The monoisotopic (exact) mass is 713 g/mol. The van der Waals surface area contributed by atoms with Gasteiger partial charge in [-0.2, -0.15) is 0 Å². The quantitative estimate of drug-likeness (QED) is 0.0844. The van der Waals surface area contributed by atoms with Gasteiger partial charge in [-0.25, -0.2) is 4.39 Å². The fraction of sp³-hybridized carbons (Fsp3) is 0.326. The number of carbonyl (C=O) groups is 1. The number of hydrogen-bond donors (Lipinski definition) is 3. The first-order valence-corrected chi connectivity index (χ1v) is 18.8. The third kappa shape index (κ3) is 8.64. The van der Waals surface area contributed by atoms with Crippen molar-refractivity contribution in [2.45, 2.75) is 68.9 Å². The van der Waals surface area contributed by atoms with E-state index in [1.807, 2.05) is 0 Å². The van der Waals surface area contributed by atoms with Crippen molar-refractivity contribution in [3.8, 4) is 11.5 Å². The number of rotatable bonds is 17. The Morgan fingerprint density at radius 1 is 0.811 bits per heavy atom. The number of methoxy groups -OCH3 is 2. The number of carbonyl (C=O) groups excluding carboxylic acids is 1. The summed E-state index contributed by atoms with van der Waals surface area (Å²) in [5.41, 5.74) is 13.6. The van der Waals surface area contributed by atoms with Crippen LogP contribution in [-0.2, 0) is 35.1 Å². The second-order valence-corrected chi connectivity index (χ2v) is 14.1. The van der Waals surface area contributed by atoms with Gasteiger partial charge in [0.2, 0.25) is 5.91 Å². The van der Waals surface area contributed by atoms with E-state index in [2.05, 4.69) is 108 Å². The minimum atomic E-state index is -0.447. The Labute approximate surface area is 313 Å². The summed E-state index contributed by atoms with van der Waals surface area (Å²) >= 11 is 0. The van der Waals surface area contributed by atoms with E-state index in [9.17, 15) is 9.18 Å². The predicted octanol–water partition coefficient (Wildman–Crippen LogP) is 8.38. The summed E-state index contributed by atoms with van der Waals surface area (Å²) in [7, 11) is 3.39. The molecule has 6 nitrogen and oxygen atoms in total. The highest BCUT2D eigenvalue weighted by Gasteiger charge is 2.41. The number of ether oxygens (including phenoxy) is 2. The van der Waals surface area contributed by atoms with Crippen molar-refractivity contribution in [2.75, 3.05) is 27.3 Å². The molecule has 1 heterocycles. The lowest BCUT2D eigenvalue weighted by molar-refractivity contribution is -0.121. The van der Waals surface area contributed by atoms with Crippen LogP contribution in [-0.4, -0.2) is 33.2 Å². The van der Waals surface area contributed by atoms with E-state index in [-0.39, 0.29) is 17.1 Å². The number of halogens is 1. The molecule has 0 radical (unpaired) electrons. The first kappa shape index (κ1) is 37.8. The van der Waals surface area contributed by atoms with Gasteiger partial charge >= 0.3 is 0 Å². The van der Waals surface area contributed by atoms with Crippen LogP contribution in [0.4, 0.5) is 4.39 Å². The van der Waals surface area contributed by atoms with Crippen LogP contribution in [0.1, 0.15) is 77.5 Å². The number of benzene rings is 5. The van der Waals surface area contributed by atoms with Crippen molar-refractivity contribution in [3.05, 3.63) is 166 Å². The third-order valence-electron chi connectivity index (χ3n) is 11.0. The van der Waals surface area contributed by atoms with E-state index in [0.717, 1.165) is 67.7 Å². The Morgan fingerprint density at radius 3 is 2.04 bits per heavy atom. The minimum Gasteiger partial charge on any atom is -0.493 e. The van der Waals surface area contributed by atoms with Crippen molar-refractivity contribution in [3.63, 3.8) is 0 Å². The second-order valence-electron chi connectivity index (χ2n) is 14.1. The number of fused-ring (bicyclic) bond motifs is 1. The zero-order valence-electron chi connectivity index (χ0n) is 31.0. The van der Waals surface area contributed by atoms with Gasteiger partial charge in [-0.3, -0.25) is 4.79 Å². The summed E-state index contributed by atoms with van der Waals surface area (Å²) in [6.07, 6.45) is 6.22. The van der Waals surface area contributed by atoms with Crippen LogP contribution in [0.3, 0.4) is 0 Å². The fourth-order valence-electron chi connectivity index (χ4n) is 8.24. The van der Waals surface area contributed by atoms with Gasteiger partial charge in [0.15, 0.2) is 11.5 Å². The average molecular weight is 714 g/mol. The minimum absolute atomic E-state index is 0.0102. The van der Waals surface area contributed by atoms with Crippen molar-refractivity contribution in [1.29, 1.82) is 0 Å². The molecule has 0 spiro atoms. The van der Waals surface area contributed by atoms with E-state index < -0.39 is 5.54 Å². The van der Waals surface area contributed by atoms with E-state index in [1.165, 1.54) is 39.9 Å². The largest absolute Gasteiger partial charge is 0.493 e. The Bertz CT molecular complexity index is 1880. The van der Waals surface area contributed by atoms with Gasteiger partial charge in [0.05, 0.1) is 19.8 Å². The molecule has 6 rings (SSSR count). The zero-order chi connectivity index (χ0) is 37.1. The molecule has 5 aromatic carbocycles. The summed E-state index contributed by atoms with van der Waals surface area (Å²) in [6.45, 7) is 1.91. The molecule has 5 aromatic rings. The van der Waals surface area contributed by atoms with E-state index >= 15 is 0 Å². The van der Waals surface area contributed by atoms with Crippen LogP contribution >= 0.6 is 0 Å². The second kappa shape index (κ2) is 17.7. The number of amides is 1. The average Bonchev–Trinajstić information content (AvgIpc) is 3.21. The number of nitrogens with two attached hydrogens (primary N) is 1. The van der Waals surface area contributed by atoms with E-state index in [0.29, 0.717) is 25.9 Å². The summed E-state index contributed by atoms with van der Waals surface area (Å²) in [5, 5.41) is 7.16. The lowest BCUT2D eigenvalue weighted by atomic mass is 9.66. The van der Waals surface area contributed by atoms with Crippen LogP contribution < -0.4 is 25.8 Å². The molecule has 276 valence electrons. The topological polar surface area (TPSA) is 85.6 Å². The molecule has 4 N–H and O–H groups in total. The summed E-state index contributed by atoms with van der Waals surface area (Å²) in [4.78, 5) is 12.9. The van der Waals surface area contributed by atoms with Crippen molar-refractivity contribution in [2.24, 2.45) is 5.73 Å². The third-order valence-corrected chi connectivity index (χ3v) is 11.0. The Balaban J connectivity index is 1.28. The van der Waals surface area contributed by atoms with Gasteiger partial charge < -0.3 is 25.8 Å². The molecule has 0 saturated heterocycles. The molecule has 1 aliphatic rings. The normalized spacial score (nSPS) is 15.4. The van der Waals surface area contributed by atoms with Gasteiger partial charge in [0.25, 0.3) is 0 Å². The van der Waals surface area contributed by atoms with E-state index in [1.54, 1.807) is 26.4 Å². The molecule has 1 unspecified atom stereocenters. The zero-order valence-corrected chi connectivity index (χ0v) is 31.0. The first-order chi connectivity index (χ1) is 25.9. The summed E-state index contributed by atoms with van der Waals surface area (Å²) in [6, 6.07) is 41.1. The highest BCUT2D eigenvalue weighted by atomic mass is 19.1. The molecule has 0 bridgehead atoms. The molecule has 53 heavy (non-hydrogen) atoms. The number of hydrogen-bond acceptors (Lipinski definition) is 5. The Hall–Kier alpha value is -4.98.